The number of halogens is 3. The van der Waals surface area contributed by atoms with E-state index in [2.05, 4.69) is 26.0 Å². The summed E-state index contributed by atoms with van der Waals surface area (Å²) in [6.45, 7) is 13.2. The molecule has 0 aliphatic carbocycles. The lowest BCUT2D eigenvalue weighted by molar-refractivity contribution is -0.340. The molecule has 4 fully saturated rings. The van der Waals surface area contributed by atoms with Crippen LogP contribution in [0.5, 0.6) is 0 Å². The molecular formula is C38H50Cl3NO10. The van der Waals surface area contributed by atoms with Gasteiger partial charge in [0.15, 0.2) is 24.5 Å². The molecule has 52 heavy (non-hydrogen) atoms. The van der Waals surface area contributed by atoms with E-state index >= 15 is 0 Å². The van der Waals surface area contributed by atoms with Crippen LogP contribution in [0.15, 0.2) is 60.7 Å². The highest BCUT2D eigenvalue weighted by molar-refractivity contribution is 6.76. The summed E-state index contributed by atoms with van der Waals surface area (Å²) in [5.41, 5.74) is 2.15. The van der Waals surface area contributed by atoms with E-state index < -0.39 is 71.0 Å². The largest absolute Gasteiger partial charge is 0.445 e. The molecule has 0 bridgehead atoms. The Labute approximate surface area is 321 Å². The minimum atomic E-state index is -2.07. The van der Waals surface area contributed by atoms with Crippen molar-refractivity contribution in [2.45, 2.75) is 126 Å². The topological polar surface area (TPSA) is 116 Å². The summed E-state index contributed by atoms with van der Waals surface area (Å²) in [4.78, 5) is 0. The normalized spacial score (nSPS) is 37.7. The molecule has 0 saturated carbocycles. The summed E-state index contributed by atoms with van der Waals surface area (Å²) in [5, 5.41) is 8.12. The van der Waals surface area contributed by atoms with Crippen molar-refractivity contribution in [2.24, 2.45) is 17.8 Å². The van der Waals surface area contributed by atoms with E-state index in [0.29, 0.717) is 19.8 Å². The monoisotopic (exact) mass is 785 g/mol. The molecule has 6 unspecified atom stereocenters. The Morgan fingerprint density at radius 1 is 0.731 bits per heavy atom. The highest BCUT2D eigenvalue weighted by atomic mass is 35.6. The van der Waals surface area contributed by atoms with Gasteiger partial charge in [-0.2, -0.15) is 0 Å². The van der Waals surface area contributed by atoms with Gasteiger partial charge in [-0.05, 0) is 31.9 Å². The Bertz CT molecular complexity index is 1450. The Kier molecular flexibility index (Phi) is 13.2. The molecule has 4 aliphatic rings. The molecule has 2 aromatic carbocycles. The van der Waals surface area contributed by atoms with E-state index in [1.165, 1.54) is 0 Å². The van der Waals surface area contributed by atoms with Crippen LogP contribution in [0.4, 0.5) is 0 Å². The van der Waals surface area contributed by atoms with Gasteiger partial charge in [-0.1, -0.05) is 116 Å². The Hall–Kier alpha value is -1.58. The van der Waals surface area contributed by atoms with Crippen LogP contribution in [-0.4, -0.2) is 90.3 Å². The van der Waals surface area contributed by atoms with Gasteiger partial charge in [-0.25, -0.2) is 0 Å². The third kappa shape index (κ3) is 9.61. The molecule has 4 heterocycles. The van der Waals surface area contributed by atoms with E-state index in [-0.39, 0.29) is 30.5 Å². The molecular weight excluding hydrogens is 737 g/mol. The molecule has 11 nitrogen and oxygen atoms in total. The van der Waals surface area contributed by atoms with Crippen molar-refractivity contribution in [3.8, 4) is 0 Å². The van der Waals surface area contributed by atoms with Gasteiger partial charge < -0.3 is 47.4 Å². The van der Waals surface area contributed by atoms with Crippen LogP contribution in [0.1, 0.15) is 52.7 Å². The summed E-state index contributed by atoms with van der Waals surface area (Å²) < 4.78 is 61.6. The molecule has 4 aliphatic heterocycles. The quantitative estimate of drug-likeness (QED) is 0.143. The fourth-order valence-electron chi connectivity index (χ4n) is 7.33. The van der Waals surface area contributed by atoms with E-state index in [9.17, 15) is 0 Å². The van der Waals surface area contributed by atoms with Gasteiger partial charge in [0.05, 0.1) is 44.7 Å². The summed E-state index contributed by atoms with van der Waals surface area (Å²) in [5.74, 6) is -1.80. The molecule has 0 aromatic heterocycles. The first-order chi connectivity index (χ1) is 24.7. The van der Waals surface area contributed by atoms with Crippen molar-refractivity contribution in [2.75, 3.05) is 13.2 Å². The van der Waals surface area contributed by atoms with Crippen LogP contribution in [0.2, 0.25) is 0 Å². The first kappa shape index (κ1) is 40.1. The average Bonchev–Trinajstić information content (AvgIpc) is 3.44. The summed E-state index contributed by atoms with van der Waals surface area (Å²) in [6.07, 6.45) is -6.00. The summed E-state index contributed by atoms with van der Waals surface area (Å²) >= 11 is 17.7. The highest BCUT2D eigenvalue weighted by Crippen LogP contribution is 2.42. The maximum atomic E-state index is 8.12. The van der Waals surface area contributed by atoms with E-state index in [1.54, 1.807) is 13.8 Å². The molecule has 6 rings (SSSR count). The van der Waals surface area contributed by atoms with Crippen molar-refractivity contribution in [1.29, 1.82) is 5.41 Å². The fraction of sp³-hybridized carbons (Fsp3) is 0.658. The van der Waals surface area contributed by atoms with Gasteiger partial charge in [0, 0.05) is 17.8 Å². The second-order valence-corrected chi connectivity index (χ2v) is 16.9. The maximum Gasteiger partial charge on any atom is 0.265 e. The number of rotatable bonds is 11. The Morgan fingerprint density at radius 3 is 1.88 bits per heavy atom. The molecule has 14 heteroatoms. The van der Waals surface area contributed by atoms with E-state index in [4.69, 9.17) is 87.6 Å². The second-order valence-electron chi connectivity index (χ2n) is 14.6. The van der Waals surface area contributed by atoms with E-state index in [0.717, 1.165) is 11.1 Å². The molecule has 2 aromatic rings. The summed E-state index contributed by atoms with van der Waals surface area (Å²) in [6, 6.07) is 20.1. The van der Waals surface area contributed by atoms with Crippen LogP contribution in [-0.2, 0) is 60.6 Å². The SMILES string of the molecule is CC1C(OCc2ccccc2)[C@H](C)CO[C@H]1OC1C(C)[C@H](O[C@@H]2C3OC(C)(C)OC3[C@H](OC(=N)C(Cl)(Cl)Cl)O[C@@H]2C)OC[C@H]1OCc1ccccc1. The van der Waals surface area contributed by atoms with Crippen molar-refractivity contribution in [1.82, 2.24) is 0 Å². The van der Waals surface area contributed by atoms with Gasteiger partial charge in [0.1, 0.15) is 18.3 Å². The van der Waals surface area contributed by atoms with Crippen LogP contribution in [0.25, 0.3) is 0 Å². The third-order valence-electron chi connectivity index (χ3n) is 10.0. The highest BCUT2D eigenvalue weighted by Gasteiger charge is 2.58. The zero-order valence-electron chi connectivity index (χ0n) is 30.3. The molecule has 0 amide bonds. The zero-order valence-corrected chi connectivity index (χ0v) is 32.6. The Morgan fingerprint density at radius 2 is 1.27 bits per heavy atom. The standard InChI is InChI=1S/C38H50Cl3NO10/c1-21-17-45-33(22(2)28(21)44-19-26-15-11-8-12-16-26)48-29-23(3)34(46-20-27(29)43-18-25-13-9-7-10-14-25)49-30-24(4)47-35(50-36(42)38(39,40)41)32-31(30)51-37(5,6)52-32/h7-16,21-24,27-35,42H,17-20H2,1-6H3/t21-,22?,23?,24-,27-,28?,29?,30+,31?,32?,33+,34+,35+/m1/s1. The van der Waals surface area contributed by atoms with Crippen molar-refractivity contribution in [3.05, 3.63) is 71.8 Å². The average molecular weight is 787 g/mol. The molecule has 0 spiro atoms. The van der Waals surface area contributed by atoms with E-state index in [1.807, 2.05) is 62.4 Å². The minimum absolute atomic E-state index is 0.0706. The fourth-order valence-corrected chi connectivity index (χ4v) is 7.46. The molecule has 0 radical (unpaired) electrons. The Balaban J connectivity index is 1.18. The van der Waals surface area contributed by atoms with Gasteiger partial charge in [-0.3, -0.25) is 5.41 Å². The first-order valence-electron chi connectivity index (χ1n) is 17.9. The molecule has 288 valence electrons. The number of benzene rings is 2. The van der Waals surface area contributed by atoms with Crippen LogP contribution >= 0.6 is 34.8 Å². The number of fused-ring (bicyclic) bond motifs is 1. The van der Waals surface area contributed by atoms with Crippen LogP contribution < -0.4 is 0 Å². The van der Waals surface area contributed by atoms with Crippen molar-refractivity contribution < 1.29 is 47.4 Å². The third-order valence-corrected chi connectivity index (χ3v) is 10.5. The summed E-state index contributed by atoms with van der Waals surface area (Å²) in [7, 11) is 0. The molecule has 13 atom stereocenters. The first-order valence-corrected chi connectivity index (χ1v) is 19.0. The minimum Gasteiger partial charge on any atom is -0.445 e. The van der Waals surface area contributed by atoms with Gasteiger partial charge in [-0.15, -0.1) is 0 Å². The predicted octanol–water partition coefficient (Wildman–Crippen LogP) is 7.18. The molecule has 4 saturated heterocycles. The number of ether oxygens (including phenoxy) is 10. The lowest BCUT2D eigenvalue weighted by Crippen LogP contribution is -2.61. The lowest BCUT2D eigenvalue weighted by atomic mass is 9.89. The lowest BCUT2D eigenvalue weighted by Gasteiger charge is -2.47. The van der Waals surface area contributed by atoms with Gasteiger partial charge in [0.25, 0.3) is 3.79 Å². The zero-order chi connectivity index (χ0) is 37.2. The smallest absolute Gasteiger partial charge is 0.265 e. The number of alkyl halides is 3. The van der Waals surface area contributed by atoms with Gasteiger partial charge in [0.2, 0.25) is 12.2 Å². The predicted molar refractivity (Wildman–Crippen MR) is 194 cm³/mol. The van der Waals surface area contributed by atoms with Crippen LogP contribution in [0, 0.1) is 23.2 Å². The number of hydrogen-bond acceptors (Lipinski definition) is 11. The van der Waals surface area contributed by atoms with Crippen LogP contribution in [0.3, 0.4) is 0 Å². The molecule has 1 N–H and O–H groups in total. The maximum absolute atomic E-state index is 8.12. The second kappa shape index (κ2) is 17.1. The van der Waals surface area contributed by atoms with Crippen molar-refractivity contribution >= 4 is 40.7 Å². The number of hydrogen-bond donors (Lipinski definition) is 1. The number of nitrogens with one attached hydrogen (secondary N) is 1. The van der Waals surface area contributed by atoms with Gasteiger partial charge >= 0.3 is 0 Å². The van der Waals surface area contributed by atoms with Crippen molar-refractivity contribution in [3.63, 3.8) is 0 Å².